The largest absolute Gasteiger partial charge is 0.490 e. The van der Waals surface area contributed by atoms with E-state index in [2.05, 4.69) is 13.0 Å². The Morgan fingerprint density at radius 2 is 2.00 bits per heavy atom. The number of ether oxygens (including phenoxy) is 1. The molecule has 0 amide bonds. The second kappa shape index (κ2) is 5.28. The molecule has 2 N–H and O–H groups in total. The van der Waals surface area contributed by atoms with E-state index in [1.165, 1.54) is 5.56 Å². The zero-order valence-electron chi connectivity index (χ0n) is 11.1. The lowest BCUT2D eigenvalue weighted by Gasteiger charge is -2.15. The van der Waals surface area contributed by atoms with Crippen LogP contribution in [0.25, 0.3) is 0 Å². The molecule has 0 saturated carbocycles. The van der Waals surface area contributed by atoms with Gasteiger partial charge in [-0.1, -0.05) is 41.4 Å². The molecule has 0 saturated heterocycles. The smallest absolute Gasteiger partial charge is 0.123 e. The second-order valence-electron chi connectivity index (χ2n) is 5.14. The van der Waals surface area contributed by atoms with Crippen LogP contribution >= 0.6 is 23.2 Å². The molecule has 0 bridgehead atoms. The first kappa shape index (κ1) is 13.7. The Hall–Kier alpha value is -1.22. The predicted molar refractivity (Wildman–Crippen MR) is 82.7 cm³/mol. The maximum absolute atomic E-state index is 6.33. The van der Waals surface area contributed by atoms with Crippen LogP contribution in [-0.2, 0) is 6.42 Å². The number of benzene rings is 2. The fourth-order valence-corrected chi connectivity index (χ4v) is 3.09. The molecule has 0 fully saturated rings. The summed E-state index contributed by atoms with van der Waals surface area (Å²) in [6.45, 7) is 2.07. The zero-order valence-corrected chi connectivity index (χ0v) is 12.6. The van der Waals surface area contributed by atoms with Gasteiger partial charge in [0.05, 0.1) is 6.04 Å². The maximum atomic E-state index is 6.33. The molecule has 0 radical (unpaired) electrons. The van der Waals surface area contributed by atoms with Gasteiger partial charge in [-0.2, -0.15) is 0 Å². The van der Waals surface area contributed by atoms with Crippen LogP contribution in [0, 0.1) is 0 Å². The molecule has 2 nitrogen and oxygen atoms in total. The first-order chi connectivity index (χ1) is 9.54. The Morgan fingerprint density at radius 3 is 2.75 bits per heavy atom. The van der Waals surface area contributed by atoms with Gasteiger partial charge in [-0.05, 0) is 41.8 Å². The van der Waals surface area contributed by atoms with Crippen molar-refractivity contribution in [3.05, 3.63) is 63.1 Å². The zero-order chi connectivity index (χ0) is 14.3. The summed E-state index contributed by atoms with van der Waals surface area (Å²) in [5, 5.41) is 1.21. The summed E-state index contributed by atoms with van der Waals surface area (Å²) in [6, 6.07) is 11.2. The lowest BCUT2D eigenvalue weighted by atomic mass is 9.97. The van der Waals surface area contributed by atoms with Crippen LogP contribution in [0.1, 0.15) is 29.7 Å². The minimum Gasteiger partial charge on any atom is -0.490 e. The molecule has 0 aliphatic carbocycles. The minimum absolute atomic E-state index is 0.232. The quantitative estimate of drug-likeness (QED) is 0.894. The van der Waals surface area contributed by atoms with Crippen molar-refractivity contribution in [3.63, 3.8) is 0 Å². The Kier molecular flexibility index (Phi) is 3.63. The van der Waals surface area contributed by atoms with Crippen LogP contribution in [0.15, 0.2) is 36.4 Å². The van der Waals surface area contributed by atoms with E-state index >= 15 is 0 Å². The molecule has 2 atom stereocenters. The van der Waals surface area contributed by atoms with Crippen molar-refractivity contribution in [3.8, 4) is 5.75 Å². The summed E-state index contributed by atoms with van der Waals surface area (Å²) in [5.41, 5.74) is 9.44. The number of hydrogen-bond acceptors (Lipinski definition) is 2. The van der Waals surface area contributed by atoms with Crippen molar-refractivity contribution in [2.24, 2.45) is 5.73 Å². The fraction of sp³-hybridized carbons (Fsp3) is 0.250. The van der Waals surface area contributed by atoms with Gasteiger partial charge in [0, 0.05) is 16.5 Å². The highest BCUT2D eigenvalue weighted by molar-refractivity contribution is 6.35. The predicted octanol–water partition coefficient (Wildman–Crippen LogP) is 4.36. The second-order valence-corrected chi connectivity index (χ2v) is 5.99. The van der Waals surface area contributed by atoms with Crippen LogP contribution in [0.2, 0.25) is 10.0 Å². The molecule has 4 heteroatoms. The standard InChI is InChI=1S/C16H15Cl2NO/c1-9-6-11-7-10(2-5-15(11)20-9)16(19)13-4-3-12(17)8-14(13)18/h2-5,7-9,16H,6,19H2,1H3. The SMILES string of the molecule is CC1Cc2cc(C(N)c3ccc(Cl)cc3Cl)ccc2O1. The minimum atomic E-state index is -0.263. The molecule has 104 valence electrons. The van der Waals surface area contributed by atoms with Gasteiger partial charge in [0.1, 0.15) is 11.9 Å². The topological polar surface area (TPSA) is 35.2 Å². The fourth-order valence-electron chi connectivity index (χ4n) is 2.57. The molecular formula is C16H15Cl2NO. The molecule has 2 aromatic rings. The van der Waals surface area contributed by atoms with E-state index in [0.717, 1.165) is 23.3 Å². The van der Waals surface area contributed by atoms with E-state index in [9.17, 15) is 0 Å². The molecular weight excluding hydrogens is 293 g/mol. The Morgan fingerprint density at radius 1 is 1.20 bits per heavy atom. The third kappa shape index (κ3) is 2.51. The highest BCUT2D eigenvalue weighted by Gasteiger charge is 2.21. The van der Waals surface area contributed by atoms with Gasteiger partial charge in [-0.3, -0.25) is 0 Å². The van der Waals surface area contributed by atoms with Crippen molar-refractivity contribution >= 4 is 23.2 Å². The van der Waals surface area contributed by atoms with Gasteiger partial charge < -0.3 is 10.5 Å². The molecule has 2 aromatic carbocycles. The summed E-state index contributed by atoms with van der Waals surface area (Å²) < 4.78 is 5.70. The maximum Gasteiger partial charge on any atom is 0.123 e. The van der Waals surface area contributed by atoms with Crippen molar-refractivity contribution in [1.82, 2.24) is 0 Å². The molecule has 1 heterocycles. The highest BCUT2D eigenvalue weighted by atomic mass is 35.5. The van der Waals surface area contributed by atoms with Crippen LogP contribution in [0.3, 0.4) is 0 Å². The third-order valence-electron chi connectivity index (χ3n) is 3.58. The van der Waals surface area contributed by atoms with Crippen molar-refractivity contribution in [2.75, 3.05) is 0 Å². The lowest BCUT2D eigenvalue weighted by molar-refractivity contribution is 0.254. The van der Waals surface area contributed by atoms with Gasteiger partial charge in [0.15, 0.2) is 0 Å². The van der Waals surface area contributed by atoms with Crippen molar-refractivity contribution in [2.45, 2.75) is 25.5 Å². The van der Waals surface area contributed by atoms with Crippen LogP contribution in [0.4, 0.5) is 0 Å². The van der Waals surface area contributed by atoms with E-state index in [-0.39, 0.29) is 12.1 Å². The lowest BCUT2D eigenvalue weighted by Crippen LogP contribution is -2.12. The van der Waals surface area contributed by atoms with Crippen LogP contribution in [-0.4, -0.2) is 6.10 Å². The summed E-state index contributed by atoms with van der Waals surface area (Å²) in [4.78, 5) is 0. The van der Waals surface area contributed by atoms with Gasteiger partial charge in [0.25, 0.3) is 0 Å². The van der Waals surface area contributed by atoms with E-state index < -0.39 is 0 Å². The van der Waals surface area contributed by atoms with Gasteiger partial charge in [-0.15, -0.1) is 0 Å². The van der Waals surface area contributed by atoms with Gasteiger partial charge >= 0.3 is 0 Å². The monoisotopic (exact) mass is 307 g/mol. The average molecular weight is 308 g/mol. The van der Waals surface area contributed by atoms with Crippen LogP contribution in [0.5, 0.6) is 5.75 Å². The number of nitrogens with two attached hydrogens (primary N) is 1. The summed E-state index contributed by atoms with van der Waals surface area (Å²) >= 11 is 12.1. The number of hydrogen-bond donors (Lipinski definition) is 1. The first-order valence-electron chi connectivity index (χ1n) is 6.54. The number of fused-ring (bicyclic) bond motifs is 1. The first-order valence-corrected chi connectivity index (χ1v) is 7.30. The van der Waals surface area contributed by atoms with Crippen molar-refractivity contribution < 1.29 is 4.74 Å². The molecule has 1 aliphatic rings. The average Bonchev–Trinajstić information content (AvgIpc) is 2.77. The molecule has 2 unspecified atom stereocenters. The Labute approximate surface area is 128 Å². The molecule has 1 aliphatic heterocycles. The summed E-state index contributed by atoms with van der Waals surface area (Å²) in [5.74, 6) is 0.954. The summed E-state index contributed by atoms with van der Waals surface area (Å²) in [6.07, 6.45) is 1.15. The number of rotatable bonds is 2. The van der Waals surface area contributed by atoms with Gasteiger partial charge in [-0.25, -0.2) is 0 Å². The van der Waals surface area contributed by atoms with E-state index in [4.69, 9.17) is 33.7 Å². The highest BCUT2D eigenvalue weighted by Crippen LogP contribution is 2.34. The normalized spacial score (nSPS) is 18.5. The number of halogens is 2. The molecule has 0 aromatic heterocycles. The molecule has 3 rings (SSSR count). The summed E-state index contributed by atoms with van der Waals surface area (Å²) in [7, 11) is 0. The molecule has 20 heavy (non-hydrogen) atoms. The Balaban J connectivity index is 1.95. The Bertz CT molecular complexity index is 657. The third-order valence-corrected chi connectivity index (χ3v) is 4.14. The van der Waals surface area contributed by atoms with E-state index in [0.29, 0.717) is 10.0 Å². The van der Waals surface area contributed by atoms with E-state index in [1.807, 2.05) is 18.2 Å². The van der Waals surface area contributed by atoms with E-state index in [1.54, 1.807) is 12.1 Å². The van der Waals surface area contributed by atoms with Crippen molar-refractivity contribution in [1.29, 1.82) is 0 Å². The van der Waals surface area contributed by atoms with Gasteiger partial charge in [0.2, 0.25) is 0 Å². The molecule has 0 spiro atoms. The van der Waals surface area contributed by atoms with Crippen LogP contribution < -0.4 is 10.5 Å².